The lowest BCUT2D eigenvalue weighted by Gasteiger charge is -2.10. The van der Waals surface area contributed by atoms with Crippen LogP contribution >= 0.6 is 15.9 Å². The third-order valence-electron chi connectivity index (χ3n) is 2.48. The summed E-state index contributed by atoms with van der Waals surface area (Å²) in [5, 5.41) is 0. The quantitative estimate of drug-likeness (QED) is 0.603. The number of methoxy groups -OCH3 is 1. The highest BCUT2D eigenvalue weighted by molar-refractivity contribution is 9.10. The van der Waals surface area contributed by atoms with Gasteiger partial charge < -0.3 is 4.74 Å². The Hall–Kier alpha value is -0.820. The molecule has 1 aromatic rings. The molecule has 19 heavy (non-hydrogen) atoms. The first-order valence-electron chi connectivity index (χ1n) is 5.42. The molecular formula is C12H13BrF2O3S. The molecule has 0 aromatic heterocycles. The van der Waals surface area contributed by atoms with Gasteiger partial charge in [0.2, 0.25) is 0 Å². The maximum Gasteiger partial charge on any atom is 0.309 e. The molecular weight excluding hydrogens is 342 g/mol. The zero-order valence-corrected chi connectivity index (χ0v) is 12.8. The van der Waals surface area contributed by atoms with Gasteiger partial charge >= 0.3 is 5.97 Å². The summed E-state index contributed by atoms with van der Waals surface area (Å²) in [6, 6.07) is 2.34. The van der Waals surface area contributed by atoms with Crippen molar-refractivity contribution in [2.75, 3.05) is 12.9 Å². The lowest BCUT2D eigenvalue weighted by atomic mass is 10.2. The Balaban J connectivity index is 2.78. The number of carbonyl (C=O) groups excluding carboxylic acids is 1. The van der Waals surface area contributed by atoms with Crippen LogP contribution in [0.1, 0.15) is 12.5 Å². The molecule has 0 amide bonds. The summed E-state index contributed by atoms with van der Waals surface area (Å²) < 4.78 is 43.6. The molecule has 0 radical (unpaired) electrons. The minimum atomic E-state index is -1.55. The van der Waals surface area contributed by atoms with E-state index in [1.165, 1.54) is 13.2 Å². The van der Waals surface area contributed by atoms with Crippen molar-refractivity contribution in [1.29, 1.82) is 0 Å². The van der Waals surface area contributed by atoms with Gasteiger partial charge in [-0.05, 0) is 28.1 Å². The van der Waals surface area contributed by atoms with Crippen LogP contribution in [0, 0.1) is 17.6 Å². The van der Waals surface area contributed by atoms with Crippen LogP contribution in [0.15, 0.2) is 16.6 Å². The van der Waals surface area contributed by atoms with Crippen LogP contribution in [-0.2, 0) is 26.1 Å². The van der Waals surface area contributed by atoms with Crippen molar-refractivity contribution >= 4 is 32.7 Å². The van der Waals surface area contributed by atoms with Gasteiger partial charge in [-0.2, -0.15) is 0 Å². The molecule has 0 saturated heterocycles. The Bertz CT molecular complexity index is 508. The zero-order valence-electron chi connectivity index (χ0n) is 10.4. The first kappa shape index (κ1) is 16.2. The number of benzene rings is 1. The van der Waals surface area contributed by atoms with Gasteiger partial charge in [0, 0.05) is 22.1 Å². The fourth-order valence-corrected chi connectivity index (χ4v) is 3.24. The second kappa shape index (κ2) is 7.09. The predicted molar refractivity (Wildman–Crippen MR) is 72.0 cm³/mol. The van der Waals surface area contributed by atoms with Gasteiger partial charge in [0.15, 0.2) is 0 Å². The summed E-state index contributed by atoms with van der Waals surface area (Å²) in [5.74, 6) is -2.87. The zero-order chi connectivity index (χ0) is 14.6. The Morgan fingerprint density at radius 1 is 1.47 bits per heavy atom. The van der Waals surface area contributed by atoms with Crippen molar-refractivity contribution < 1.29 is 22.5 Å². The summed E-state index contributed by atoms with van der Waals surface area (Å²) in [6.45, 7) is 1.55. The molecule has 3 nitrogen and oxygen atoms in total. The fourth-order valence-electron chi connectivity index (χ4n) is 1.47. The molecule has 106 valence electrons. The van der Waals surface area contributed by atoms with Crippen LogP contribution in [0.2, 0.25) is 0 Å². The number of carbonyl (C=O) groups is 1. The van der Waals surface area contributed by atoms with Crippen molar-refractivity contribution in [3.63, 3.8) is 0 Å². The molecule has 0 fully saturated rings. The highest BCUT2D eigenvalue weighted by Crippen LogP contribution is 2.23. The average Bonchev–Trinajstić information content (AvgIpc) is 2.38. The van der Waals surface area contributed by atoms with Gasteiger partial charge in [0.25, 0.3) is 0 Å². The van der Waals surface area contributed by atoms with E-state index in [1.807, 2.05) is 0 Å². The highest BCUT2D eigenvalue weighted by atomic mass is 79.9. The average molecular weight is 355 g/mol. The summed E-state index contributed by atoms with van der Waals surface area (Å²) >= 11 is 2.94. The molecule has 0 N–H and O–H groups in total. The largest absolute Gasteiger partial charge is 0.469 e. The standard InChI is InChI=1S/C12H13BrF2O3S/c1-7(12(16)18-2)5-19(17)6-8-10(14)4-3-9(13)11(8)15/h3-4,7H,5-6H2,1-2H3. The van der Waals surface area contributed by atoms with Crippen molar-refractivity contribution in [2.45, 2.75) is 12.7 Å². The van der Waals surface area contributed by atoms with Crippen molar-refractivity contribution in [3.8, 4) is 0 Å². The molecule has 1 aromatic carbocycles. The Labute approximate surface area is 120 Å². The SMILES string of the molecule is COC(=O)C(C)CS(=O)Cc1c(F)ccc(Br)c1F. The van der Waals surface area contributed by atoms with E-state index in [0.29, 0.717) is 0 Å². The summed E-state index contributed by atoms with van der Waals surface area (Å²) in [5.41, 5.74) is -0.246. The van der Waals surface area contributed by atoms with E-state index in [4.69, 9.17) is 0 Å². The molecule has 0 aliphatic heterocycles. The van der Waals surface area contributed by atoms with E-state index in [1.54, 1.807) is 6.92 Å². The topological polar surface area (TPSA) is 43.4 Å². The van der Waals surface area contributed by atoms with Crippen LogP contribution in [0.4, 0.5) is 8.78 Å². The lowest BCUT2D eigenvalue weighted by molar-refractivity contribution is -0.144. The number of halogens is 3. The van der Waals surface area contributed by atoms with Gasteiger partial charge in [-0.25, -0.2) is 8.78 Å². The van der Waals surface area contributed by atoms with Crippen LogP contribution in [0.5, 0.6) is 0 Å². The van der Waals surface area contributed by atoms with E-state index in [0.717, 1.165) is 6.07 Å². The van der Waals surface area contributed by atoms with E-state index in [-0.39, 0.29) is 21.5 Å². The minimum Gasteiger partial charge on any atom is -0.469 e. The molecule has 7 heteroatoms. The maximum atomic E-state index is 13.7. The van der Waals surface area contributed by atoms with E-state index in [9.17, 15) is 17.8 Å². The molecule has 0 bridgehead atoms. The smallest absolute Gasteiger partial charge is 0.309 e. The normalized spacial score (nSPS) is 13.9. The van der Waals surface area contributed by atoms with Crippen LogP contribution < -0.4 is 0 Å². The molecule has 0 saturated carbocycles. The summed E-state index contributed by atoms with van der Waals surface area (Å²) in [6.07, 6.45) is 0. The van der Waals surface area contributed by atoms with Gasteiger partial charge in [0.05, 0.1) is 23.3 Å². The van der Waals surface area contributed by atoms with Gasteiger partial charge in [-0.1, -0.05) is 6.92 Å². The van der Waals surface area contributed by atoms with Gasteiger partial charge in [0.1, 0.15) is 11.6 Å². The first-order valence-corrected chi connectivity index (χ1v) is 7.70. The Morgan fingerprint density at radius 2 is 2.11 bits per heavy atom. The Kier molecular flexibility index (Phi) is 6.06. The third kappa shape index (κ3) is 4.35. The molecule has 0 aliphatic rings. The fraction of sp³-hybridized carbons (Fsp3) is 0.417. The molecule has 0 aliphatic carbocycles. The van der Waals surface area contributed by atoms with E-state index < -0.39 is 34.3 Å². The molecule has 1 rings (SSSR count). The minimum absolute atomic E-state index is 0.00192. The number of esters is 1. The predicted octanol–water partition coefficient (Wildman–Crippen LogP) is 2.79. The summed E-state index contributed by atoms with van der Waals surface area (Å²) in [7, 11) is -0.322. The van der Waals surface area contributed by atoms with Crippen molar-refractivity contribution in [2.24, 2.45) is 5.92 Å². The highest BCUT2D eigenvalue weighted by Gasteiger charge is 2.20. The van der Waals surface area contributed by atoms with Gasteiger partial charge in [-0.15, -0.1) is 0 Å². The molecule has 0 spiro atoms. The van der Waals surface area contributed by atoms with Crippen molar-refractivity contribution in [1.82, 2.24) is 0 Å². The number of hydrogen-bond donors (Lipinski definition) is 0. The number of hydrogen-bond acceptors (Lipinski definition) is 3. The van der Waals surface area contributed by atoms with Crippen LogP contribution in [-0.4, -0.2) is 23.0 Å². The van der Waals surface area contributed by atoms with Crippen molar-refractivity contribution in [3.05, 3.63) is 33.8 Å². The van der Waals surface area contributed by atoms with Crippen LogP contribution in [0.25, 0.3) is 0 Å². The van der Waals surface area contributed by atoms with E-state index >= 15 is 0 Å². The van der Waals surface area contributed by atoms with Gasteiger partial charge in [-0.3, -0.25) is 9.00 Å². The van der Waals surface area contributed by atoms with Crippen LogP contribution in [0.3, 0.4) is 0 Å². The third-order valence-corrected chi connectivity index (χ3v) is 4.58. The lowest BCUT2D eigenvalue weighted by Crippen LogP contribution is -2.20. The number of ether oxygens (including phenoxy) is 1. The molecule has 0 heterocycles. The first-order chi connectivity index (χ1) is 8.86. The monoisotopic (exact) mass is 354 g/mol. The second-order valence-corrected chi connectivity index (χ2v) is 6.35. The Morgan fingerprint density at radius 3 is 2.68 bits per heavy atom. The second-order valence-electron chi connectivity index (χ2n) is 4.00. The maximum absolute atomic E-state index is 13.7. The number of rotatable bonds is 5. The molecule has 2 unspecified atom stereocenters. The summed E-state index contributed by atoms with van der Waals surface area (Å²) in [4.78, 5) is 11.2. The molecule has 2 atom stereocenters. The van der Waals surface area contributed by atoms with E-state index in [2.05, 4.69) is 20.7 Å².